The third kappa shape index (κ3) is 5.61. The second-order valence-corrected chi connectivity index (χ2v) is 10.0. The van der Waals surface area contributed by atoms with Crippen LogP contribution in [0, 0.1) is 11.7 Å². The lowest BCUT2D eigenvalue weighted by Crippen LogP contribution is -2.51. The summed E-state index contributed by atoms with van der Waals surface area (Å²) >= 11 is 0. The van der Waals surface area contributed by atoms with Crippen LogP contribution in [0.2, 0.25) is 0 Å². The standard InChI is InChI=1S/C29H33F3N4O3/c1-18(20-4-3-5-21(27(20)30)28(31)32)34-23-6-9-33-24-17-26(38-2)25(16-22(23)24)35-10-12-36(13-11-35)29(37)19-7-14-39-15-8-19/h3-6,9,16-19,28H,7-8,10-15H2,1-2H3,(H,33,34)/t18-/m1/s1. The summed E-state index contributed by atoms with van der Waals surface area (Å²) in [7, 11) is 1.61. The number of ether oxygens (including phenoxy) is 2. The number of aromatic nitrogens is 1. The molecular formula is C29H33F3N4O3. The van der Waals surface area contributed by atoms with Gasteiger partial charge in [0.15, 0.2) is 0 Å². The summed E-state index contributed by atoms with van der Waals surface area (Å²) < 4.78 is 52.4. The molecule has 39 heavy (non-hydrogen) atoms. The predicted octanol–water partition coefficient (Wildman–Crippen LogP) is 5.57. The zero-order valence-corrected chi connectivity index (χ0v) is 22.1. The Morgan fingerprint density at radius 2 is 1.82 bits per heavy atom. The van der Waals surface area contributed by atoms with E-state index in [4.69, 9.17) is 9.47 Å². The topological polar surface area (TPSA) is 66.9 Å². The van der Waals surface area contributed by atoms with Crippen molar-refractivity contribution in [3.8, 4) is 5.75 Å². The summed E-state index contributed by atoms with van der Waals surface area (Å²) in [5.74, 6) is 0.00569. The van der Waals surface area contributed by atoms with Crippen molar-refractivity contribution in [3.05, 3.63) is 59.5 Å². The van der Waals surface area contributed by atoms with E-state index in [2.05, 4.69) is 15.2 Å². The number of pyridine rings is 1. The molecule has 2 fully saturated rings. The minimum atomic E-state index is -2.89. The minimum Gasteiger partial charge on any atom is -0.495 e. The molecule has 0 radical (unpaired) electrons. The van der Waals surface area contributed by atoms with E-state index >= 15 is 0 Å². The minimum absolute atomic E-state index is 0.0356. The predicted molar refractivity (Wildman–Crippen MR) is 144 cm³/mol. The van der Waals surface area contributed by atoms with E-state index < -0.39 is 23.8 Å². The van der Waals surface area contributed by atoms with Crippen LogP contribution in [0.5, 0.6) is 5.75 Å². The summed E-state index contributed by atoms with van der Waals surface area (Å²) in [6.45, 7) is 5.55. The second kappa shape index (κ2) is 11.7. The molecule has 0 bridgehead atoms. The normalized spacial score (nSPS) is 17.5. The molecule has 1 amide bonds. The number of hydrogen-bond donors (Lipinski definition) is 1. The van der Waals surface area contributed by atoms with Crippen LogP contribution in [-0.4, -0.2) is 62.3 Å². The average molecular weight is 543 g/mol. The van der Waals surface area contributed by atoms with Crippen molar-refractivity contribution in [3.63, 3.8) is 0 Å². The van der Waals surface area contributed by atoms with Crippen molar-refractivity contribution >= 4 is 28.2 Å². The molecule has 208 valence electrons. The van der Waals surface area contributed by atoms with E-state index in [9.17, 15) is 18.0 Å². The van der Waals surface area contributed by atoms with Crippen LogP contribution in [-0.2, 0) is 9.53 Å². The van der Waals surface area contributed by atoms with Crippen molar-refractivity contribution < 1.29 is 27.4 Å². The van der Waals surface area contributed by atoms with Crippen LogP contribution in [0.15, 0.2) is 42.6 Å². The van der Waals surface area contributed by atoms with Gasteiger partial charge >= 0.3 is 0 Å². The summed E-state index contributed by atoms with van der Waals surface area (Å²) in [5.41, 5.74) is 1.81. The lowest BCUT2D eigenvalue weighted by molar-refractivity contribution is -0.138. The molecule has 0 unspecified atom stereocenters. The highest BCUT2D eigenvalue weighted by Gasteiger charge is 2.30. The Hall–Kier alpha value is -3.53. The fraction of sp³-hybridized carbons (Fsp3) is 0.448. The van der Waals surface area contributed by atoms with E-state index in [1.165, 1.54) is 12.1 Å². The van der Waals surface area contributed by atoms with Crippen molar-refractivity contribution in [2.75, 3.05) is 56.7 Å². The third-order valence-electron chi connectivity index (χ3n) is 7.68. The number of nitrogens with zero attached hydrogens (tertiary/aromatic N) is 3. The highest BCUT2D eigenvalue weighted by Crippen LogP contribution is 2.37. The maximum atomic E-state index is 14.8. The van der Waals surface area contributed by atoms with Crippen molar-refractivity contribution in [2.24, 2.45) is 5.92 Å². The first kappa shape index (κ1) is 27.1. The van der Waals surface area contributed by atoms with E-state index in [1.807, 2.05) is 17.0 Å². The van der Waals surface area contributed by atoms with Gasteiger partial charge in [0.2, 0.25) is 5.91 Å². The Labute approximate surface area is 225 Å². The highest BCUT2D eigenvalue weighted by atomic mass is 19.3. The zero-order valence-electron chi connectivity index (χ0n) is 22.1. The van der Waals surface area contributed by atoms with Crippen molar-refractivity contribution in [1.29, 1.82) is 0 Å². The number of piperazine rings is 1. The van der Waals surface area contributed by atoms with E-state index in [0.717, 1.165) is 30.0 Å². The summed E-state index contributed by atoms with van der Waals surface area (Å²) in [4.78, 5) is 21.6. The van der Waals surface area contributed by atoms with Gasteiger partial charge in [0.1, 0.15) is 11.6 Å². The molecule has 0 spiro atoms. The molecule has 2 aliphatic rings. The molecule has 1 atom stereocenters. The fourth-order valence-corrected chi connectivity index (χ4v) is 5.45. The average Bonchev–Trinajstić information content (AvgIpc) is 2.96. The first-order valence-corrected chi connectivity index (χ1v) is 13.3. The Morgan fingerprint density at radius 3 is 2.51 bits per heavy atom. The highest BCUT2D eigenvalue weighted by molar-refractivity contribution is 5.95. The van der Waals surface area contributed by atoms with Gasteiger partial charge < -0.3 is 24.6 Å². The first-order chi connectivity index (χ1) is 18.9. The van der Waals surface area contributed by atoms with Crippen LogP contribution in [0.4, 0.5) is 24.5 Å². The van der Waals surface area contributed by atoms with Gasteiger partial charge in [-0.15, -0.1) is 0 Å². The van der Waals surface area contributed by atoms with Crippen molar-refractivity contribution in [2.45, 2.75) is 32.2 Å². The zero-order chi connectivity index (χ0) is 27.5. The van der Waals surface area contributed by atoms with E-state index in [1.54, 1.807) is 26.3 Å². The van der Waals surface area contributed by atoms with Gasteiger partial charge in [0.05, 0.1) is 29.9 Å². The number of carbonyl (C=O) groups excluding carboxylic acids is 1. The van der Waals surface area contributed by atoms with Crippen LogP contribution < -0.4 is 15.0 Å². The Bertz CT molecular complexity index is 1320. The number of rotatable bonds is 7. The lowest BCUT2D eigenvalue weighted by Gasteiger charge is -2.38. The molecule has 1 N–H and O–H groups in total. The Balaban J connectivity index is 1.38. The number of carbonyl (C=O) groups is 1. The lowest BCUT2D eigenvalue weighted by atomic mass is 9.98. The number of amides is 1. The quantitative estimate of drug-likeness (QED) is 0.421. The van der Waals surface area contributed by atoms with Gasteiger partial charge in [0.25, 0.3) is 6.43 Å². The van der Waals surface area contributed by atoms with Crippen LogP contribution in [0.25, 0.3) is 10.9 Å². The maximum absolute atomic E-state index is 14.8. The molecule has 0 saturated carbocycles. The number of halogens is 3. The molecule has 10 heteroatoms. The Morgan fingerprint density at radius 1 is 1.10 bits per heavy atom. The largest absolute Gasteiger partial charge is 0.495 e. The van der Waals surface area contributed by atoms with Gasteiger partial charge in [-0.25, -0.2) is 13.2 Å². The van der Waals surface area contributed by atoms with Gasteiger partial charge in [-0.3, -0.25) is 9.78 Å². The Kier molecular flexibility index (Phi) is 8.11. The molecule has 2 saturated heterocycles. The van der Waals surface area contributed by atoms with Crippen LogP contribution in [0.1, 0.15) is 43.4 Å². The monoisotopic (exact) mass is 542 g/mol. The van der Waals surface area contributed by atoms with Gasteiger partial charge in [0, 0.05) is 74.2 Å². The molecule has 3 aromatic rings. The maximum Gasteiger partial charge on any atom is 0.266 e. The smallest absolute Gasteiger partial charge is 0.266 e. The molecule has 5 rings (SSSR count). The van der Waals surface area contributed by atoms with E-state index in [-0.39, 0.29) is 17.4 Å². The van der Waals surface area contributed by atoms with Gasteiger partial charge in [-0.1, -0.05) is 18.2 Å². The molecule has 2 aliphatic heterocycles. The molecule has 0 aliphatic carbocycles. The summed E-state index contributed by atoms with van der Waals surface area (Å²) in [6.07, 6.45) is 0.300. The summed E-state index contributed by atoms with van der Waals surface area (Å²) in [5, 5.41) is 4.08. The number of nitrogens with one attached hydrogen (secondary N) is 1. The number of anilines is 2. The number of alkyl halides is 2. The van der Waals surface area contributed by atoms with Crippen LogP contribution in [0.3, 0.4) is 0 Å². The number of hydrogen-bond acceptors (Lipinski definition) is 6. The molecule has 1 aromatic heterocycles. The number of methoxy groups -OCH3 is 1. The third-order valence-corrected chi connectivity index (χ3v) is 7.68. The second-order valence-electron chi connectivity index (χ2n) is 10.0. The van der Waals surface area contributed by atoms with E-state index in [0.29, 0.717) is 56.3 Å². The molecule has 7 nitrogen and oxygen atoms in total. The fourth-order valence-electron chi connectivity index (χ4n) is 5.45. The number of fused-ring (bicyclic) bond motifs is 1. The number of benzene rings is 2. The molecular weight excluding hydrogens is 509 g/mol. The first-order valence-electron chi connectivity index (χ1n) is 13.3. The van der Waals surface area contributed by atoms with Gasteiger partial charge in [-0.05, 0) is 31.9 Å². The molecule has 2 aromatic carbocycles. The SMILES string of the molecule is COc1cc2nccc(N[C@H](C)c3cccc(C(F)F)c3F)c2cc1N1CCN(C(=O)C2CCOCC2)CC1. The van der Waals surface area contributed by atoms with Crippen molar-refractivity contribution in [1.82, 2.24) is 9.88 Å². The van der Waals surface area contributed by atoms with Crippen LogP contribution >= 0.6 is 0 Å². The summed E-state index contributed by atoms with van der Waals surface area (Å²) in [6, 6.07) is 9.12. The molecule has 3 heterocycles. The van der Waals surface area contributed by atoms with Gasteiger partial charge in [-0.2, -0.15) is 0 Å².